The summed E-state index contributed by atoms with van der Waals surface area (Å²) in [4.78, 5) is 2.42. The van der Waals surface area contributed by atoms with Crippen LogP contribution in [-0.4, -0.2) is 35.7 Å². The summed E-state index contributed by atoms with van der Waals surface area (Å²) in [5, 5.41) is 9.09. The van der Waals surface area contributed by atoms with Crippen LogP contribution in [0.15, 0.2) is 0 Å². The van der Waals surface area contributed by atoms with Crippen molar-refractivity contribution >= 4 is 0 Å². The van der Waals surface area contributed by atoms with E-state index in [1.165, 1.54) is 19.4 Å². The fourth-order valence-corrected chi connectivity index (χ4v) is 1.78. The van der Waals surface area contributed by atoms with Crippen molar-refractivity contribution in [3.05, 3.63) is 0 Å². The van der Waals surface area contributed by atoms with E-state index in [0.717, 1.165) is 18.8 Å². The van der Waals surface area contributed by atoms with Crippen molar-refractivity contribution in [2.75, 3.05) is 13.6 Å². The SMILES string of the molecule is CN(CC1CC1)C1CC(O)C1. The monoisotopic (exact) mass is 155 g/mol. The number of hydrogen-bond donors (Lipinski definition) is 1. The second kappa shape index (κ2) is 2.76. The van der Waals surface area contributed by atoms with Crippen LogP contribution in [-0.2, 0) is 0 Å². The van der Waals surface area contributed by atoms with E-state index in [9.17, 15) is 0 Å². The molecule has 2 heteroatoms. The maximum atomic E-state index is 9.09. The van der Waals surface area contributed by atoms with Crippen molar-refractivity contribution in [1.29, 1.82) is 0 Å². The molecule has 1 N–H and O–H groups in total. The Hall–Kier alpha value is -0.0800. The Morgan fingerprint density at radius 1 is 1.36 bits per heavy atom. The molecule has 0 saturated heterocycles. The third-order valence-electron chi connectivity index (χ3n) is 2.95. The van der Waals surface area contributed by atoms with Gasteiger partial charge in [-0.1, -0.05) is 0 Å². The fraction of sp³-hybridized carbons (Fsp3) is 1.00. The van der Waals surface area contributed by atoms with Crippen molar-refractivity contribution in [2.45, 2.75) is 37.8 Å². The van der Waals surface area contributed by atoms with Gasteiger partial charge in [-0.3, -0.25) is 0 Å². The zero-order valence-corrected chi connectivity index (χ0v) is 7.16. The quantitative estimate of drug-likeness (QED) is 0.653. The molecule has 2 fully saturated rings. The highest BCUT2D eigenvalue weighted by atomic mass is 16.3. The van der Waals surface area contributed by atoms with Gasteiger partial charge in [0.1, 0.15) is 0 Å². The minimum atomic E-state index is 0.00153. The molecule has 11 heavy (non-hydrogen) atoms. The highest BCUT2D eigenvalue weighted by Crippen LogP contribution is 2.32. The molecule has 0 aromatic carbocycles. The summed E-state index contributed by atoms with van der Waals surface area (Å²) in [6.45, 7) is 1.26. The minimum Gasteiger partial charge on any atom is -0.393 e. The van der Waals surface area contributed by atoms with Crippen LogP contribution in [0.1, 0.15) is 25.7 Å². The van der Waals surface area contributed by atoms with Gasteiger partial charge >= 0.3 is 0 Å². The Bertz CT molecular complexity index is 138. The van der Waals surface area contributed by atoms with Crippen LogP contribution in [0.4, 0.5) is 0 Å². The van der Waals surface area contributed by atoms with Gasteiger partial charge in [-0.2, -0.15) is 0 Å². The highest BCUT2D eigenvalue weighted by Gasteiger charge is 2.33. The van der Waals surface area contributed by atoms with Crippen molar-refractivity contribution in [1.82, 2.24) is 4.90 Å². The molecule has 0 heterocycles. The molecule has 0 bridgehead atoms. The average molecular weight is 155 g/mol. The summed E-state index contributed by atoms with van der Waals surface area (Å²) in [6.07, 6.45) is 4.87. The smallest absolute Gasteiger partial charge is 0.0570 e. The molecule has 2 saturated carbocycles. The van der Waals surface area contributed by atoms with Gasteiger partial charge in [0, 0.05) is 12.6 Å². The molecule has 2 nitrogen and oxygen atoms in total. The summed E-state index contributed by atoms with van der Waals surface area (Å²) in [5.74, 6) is 0.984. The van der Waals surface area contributed by atoms with Crippen LogP contribution in [0.2, 0.25) is 0 Å². The molecule has 0 aromatic rings. The second-order valence-corrected chi connectivity index (χ2v) is 4.16. The number of aliphatic hydroxyl groups is 1. The molecule has 2 aliphatic carbocycles. The predicted octanol–water partition coefficient (Wildman–Crippen LogP) is 0.851. The largest absolute Gasteiger partial charge is 0.393 e. The van der Waals surface area contributed by atoms with Crippen LogP contribution >= 0.6 is 0 Å². The second-order valence-electron chi connectivity index (χ2n) is 4.16. The van der Waals surface area contributed by atoms with Gasteiger partial charge in [0.2, 0.25) is 0 Å². The lowest BCUT2D eigenvalue weighted by Gasteiger charge is -2.38. The van der Waals surface area contributed by atoms with Gasteiger partial charge in [-0.05, 0) is 38.6 Å². The molecule has 0 radical (unpaired) electrons. The van der Waals surface area contributed by atoms with E-state index in [-0.39, 0.29) is 6.10 Å². The third-order valence-corrected chi connectivity index (χ3v) is 2.95. The summed E-state index contributed by atoms with van der Waals surface area (Å²) in [6, 6.07) is 0.686. The van der Waals surface area contributed by atoms with Crippen molar-refractivity contribution in [3.8, 4) is 0 Å². The van der Waals surface area contributed by atoms with E-state index >= 15 is 0 Å². The predicted molar refractivity (Wildman–Crippen MR) is 44.4 cm³/mol. The summed E-state index contributed by atoms with van der Waals surface area (Å²) in [7, 11) is 2.19. The van der Waals surface area contributed by atoms with E-state index in [0.29, 0.717) is 6.04 Å². The molecule has 0 atom stereocenters. The molecule has 0 aromatic heterocycles. The molecule has 2 aliphatic rings. The van der Waals surface area contributed by atoms with Crippen LogP contribution in [0.5, 0.6) is 0 Å². The zero-order valence-electron chi connectivity index (χ0n) is 7.16. The first kappa shape index (κ1) is 7.56. The van der Waals surface area contributed by atoms with Crippen molar-refractivity contribution in [3.63, 3.8) is 0 Å². The van der Waals surface area contributed by atoms with Gasteiger partial charge < -0.3 is 10.0 Å². The van der Waals surface area contributed by atoms with Crippen LogP contribution in [0.3, 0.4) is 0 Å². The maximum absolute atomic E-state index is 9.09. The topological polar surface area (TPSA) is 23.5 Å². The molecule has 64 valence electrons. The third kappa shape index (κ3) is 1.74. The standard InChI is InChI=1S/C9H17NO/c1-10(6-7-2-3-7)8-4-9(11)5-8/h7-9,11H,2-6H2,1H3. The molecule has 0 amide bonds. The van der Waals surface area contributed by atoms with E-state index in [2.05, 4.69) is 11.9 Å². The summed E-state index contributed by atoms with van der Waals surface area (Å²) >= 11 is 0. The Morgan fingerprint density at radius 2 is 2.00 bits per heavy atom. The summed E-state index contributed by atoms with van der Waals surface area (Å²) in [5.41, 5.74) is 0. The van der Waals surface area contributed by atoms with Gasteiger partial charge in [0.15, 0.2) is 0 Å². The summed E-state index contributed by atoms with van der Waals surface area (Å²) < 4.78 is 0. The first-order valence-electron chi connectivity index (χ1n) is 4.64. The number of rotatable bonds is 3. The lowest BCUT2D eigenvalue weighted by molar-refractivity contribution is 0.0107. The van der Waals surface area contributed by atoms with Crippen LogP contribution in [0, 0.1) is 5.92 Å². The fourth-order valence-electron chi connectivity index (χ4n) is 1.78. The molecule has 2 rings (SSSR count). The van der Waals surface area contributed by atoms with E-state index in [4.69, 9.17) is 5.11 Å². The Balaban J connectivity index is 1.68. The van der Waals surface area contributed by atoms with Crippen molar-refractivity contribution < 1.29 is 5.11 Å². The van der Waals surface area contributed by atoms with Crippen molar-refractivity contribution in [2.24, 2.45) is 5.92 Å². The molecule has 0 unspecified atom stereocenters. The van der Waals surface area contributed by atoms with Crippen LogP contribution in [0.25, 0.3) is 0 Å². The molecule has 0 spiro atoms. The molecular weight excluding hydrogens is 138 g/mol. The number of hydrogen-bond acceptors (Lipinski definition) is 2. The average Bonchev–Trinajstić information content (AvgIpc) is 2.64. The van der Waals surface area contributed by atoms with Crippen LogP contribution < -0.4 is 0 Å². The van der Waals surface area contributed by atoms with E-state index in [1.807, 2.05) is 0 Å². The lowest BCUT2D eigenvalue weighted by Crippen LogP contribution is -2.45. The zero-order chi connectivity index (χ0) is 7.84. The Labute approximate surface area is 68.2 Å². The van der Waals surface area contributed by atoms with Gasteiger partial charge in [0.25, 0.3) is 0 Å². The normalized spacial score (nSPS) is 37.4. The minimum absolute atomic E-state index is 0.00153. The Morgan fingerprint density at radius 3 is 2.45 bits per heavy atom. The lowest BCUT2D eigenvalue weighted by atomic mass is 9.88. The van der Waals surface area contributed by atoms with E-state index < -0.39 is 0 Å². The van der Waals surface area contributed by atoms with Gasteiger partial charge in [-0.25, -0.2) is 0 Å². The van der Waals surface area contributed by atoms with E-state index in [1.54, 1.807) is 0 Å². The first-order valence-corrected chi connectivity index (χ1v) is 4.64. The Kier molecular flexibility index (Phi) is 1.90. The highest BCUT2D eigenvalue weighted by molar-refractivity contribution is 4.88. The molecule has 0 aliphatic heterocycles. The molecular formula is C9H17NO. The maximum Gasteiger partial charge on any atom is 0.0570 e. The first-order chi connectivity index (χ1) is 5.25. The van der Waals surface area contributed by atoms with Gasteiger partial charge in [-0.15, -0.1) is 0 Å². The number of aliphatic hydroxyl groups excluding tert-OH is 1. The van der Waals surface area contributed by atoms with Gasteiger partial charge in [0.05, 0.1) is 6.10 Å². The number of nitrogens with zero attached hydrogens (tertiary/aromatic N) is 1.